The second-order valence-corrected chi connectivity index (χ2v) is 7.03. The Morgan fingerprint density at radius 2 is 1.77 bits per heavy atom. The van der Waals surface area contributed by atoms with Crippen molar-refractivity contribution in [3.8, 4) is 5.75 Å². The molecule has 1 unspecified atom stereocenters. The number of amides is 1. The Hall–Kier alpha value is -3.42. The van der Waals surface area contributed by atoms with Crippen LogP contribution in [0.25, 0.3) is 0 Å². The van der Waals surface area contributed by atoms with Gasteiger partial charge < -0.3 is 14.8 Å². The third kappa shape index (κ3) is 6.88. The van der Waals surface area contributed by atoms with Crippen LogP contribution < -0.4 is 10.1 Å². The van der Waals surface area contributed by atoms with E-state index in [1.807, 2.05) is 24.3 Å². The first kappa shape index (κ1) is 22.9. The van der Waals surface area contributed by atoms with Gasteiger partial charge in [-0.1, -0.05) is 30.3 Å². The molecule has 30 heavy (non-hydrogen) atoms. The number of para-hydroxylation sites is 1. The van der Waals surface area contributed by atoms with Crippen LogP contribution in [0.5, 0.6) is 5.75 Å². The van der Waals surface area contributed by atoms with E-state index in [9.17, 15) is 19.7 Å². The molecule has 0 bridgehead atoms. The van der Waals surface area contributed by atoms with Crippen molar-refractivity contribution in [2.24, 2.45) is 0 Å². The first-order chi connectivity index (χ1) is 14.3. The van der Waals surface area contributed by atoms with Gasteiger partial charge in [-0.05, 0) is 38.0 Å². The summed E-state index contributed by atoms with van der Waals surface area (Å²) >= 11 is 0. The number of ether oxygens (including phenoxy) is 2. The summed E-state index contributed by atoms with van der Waals surface area (Å²) in [5.41, 5.74) is 1.06. The van der Waals surface area contributed by atoms with E-state index in [0.717, 1.165) is 11.3 Å². The number of methoxy groups -OCH3 is 1. The van der Waals surface area contributed by atoms with Crippen LogP contribution in [0.4, 0.5) is 5.69 Å². The van der Waals surface area contributed by atoms with Crippen molar-refractivity contribution in [2.75, 3.05) is 7.11 Å². The Kier molecular flexibility index (Phi) is 8.34. The number of nitro benzene ring substituents is 1. The lowest BCUT2D eigenvalue weighted by atomic mass is 10.0. The quantitative estimate of drug-likeness (QED) is 0.360. The fourth-order valence-electron chi connectivity index (χ4n) is 2.98. The minimum absolute atomic E-state index is 0.157. The summed E-state index contributed by atoms with van der Waals surface area (Å²) in [6.45, 7) is 3.43. The molecule has 0 aromatic heterocycles. The molecule has 2 rings (SSSR count). The molecule has 2 aromatic carbocycles. The van der Waals surface area contributed by atoms with Gasteiger partial charge in [0, 0.05) is 12.5 Å². The van der Waals surface area contributed by atoms with Gasteiger partial charge in [-0.25, -0.2) is 0 Å². The minimum Gasteiger partial charge on any atom is -0.497 e. The molecule has 0 saturated heterocycles. The molecule has 1 atom stereocenters. The van der Waals surface area contributed by atoms with Gasteiger partial charge >= 0.3 is 5.97 Å². The summed E-state index contributed by atoms with van der Waals surface area (Å²) < 4.78 is 10.3. The standard InChI is InChI=1S/C22H26N2O6/c1-15(2)30-22(26)14-19(18-6-4-5-7-20(18)24(27)28)23-21(25)13-10-16-8-11-17(29-3)12-9-16/h4-9,11-12,15,19H,10,13-14H2,1-3H3,(H,23,25). The van der Waals surface area contributed by atoms with Gasteiger partial charge in [0.1, 0.15) is 5.75 Å². The Balaban J connectivity index is 2.12. The zero-order chi connectivity index (χ0) is 22.1. The second-order valence-electron chi connectivity index (χ2n) is 7.03. The van der Waals surface area contributed by atoms with E-state index in [1.165, 1.54) is 18.2 Å². The van der Waals surface area contributed by atoms with Crippen LogP contribution >= 0.6 is 0 Å². The summed E-state index contributed by atoms with van der Waals surface area (Å²) in [4.78, 5) is 35.6. The normalized spacial score (nSPS) is 11.6. The molecule has 0 aliphatic heterocycles. The number of carbonyl (C=O) groups excluding carboxylic acids is 2. The minimum atomic E-state index is -0.860. The van der Waals surface area contributed by atoms with Crippen molar-refractivity contribution in [3.63, 3.8) is 0 Å². The maximum absolute atomic E-state index is 12.6. The molecule has 0 saturated carbocycles. The van der Waals surface area contributed by atoms with E-state index in [-0.39, 0.29) is 36.1 Å². The van der Waals surface area contributed by atoms with Crippen LogP contribution in [0, 0.1) is 10.1 Å². The van der Waals surface area contributed by atoms with Crippen molar-refractivity contribution in [1.29, 1.82) is 0 Å². The lowest BCUT2D eigenvalue weighted by Gasteiger charge is -2.19. The number of esters is 1. The summed E-state index contributed by atoms with van der Waals surface area (Å²) in [5, 5.41) is 14.2. The number of nitrogens with one attached hydrogen (secondary N) is 1. The molecule has 160 valence electrons. The summed E-state index contributed by atoms with van der Waals surface area (Å²) in [6, 6.07) is 12.5. The zero-order valence-corrected chi connectivity index (χ0v) is 17.3. The number of benzene rings is 2. The van der Waals surface area contributed by atoms with E-state index in [2.05, 4.69) is 5.32 Å². The van der Waals surface area contributed by atoms with Gasteiger partial charge in [-0.2, -0.15) is 0 Å². The Labute approximate surface area is 175 Å². The fraction of sp³-hybridized carbons (Fsp3) is 0.364. The predicted octanol–water partition coefficient (Wildman–Crippen LogP) is 3.74. The molecule has 2 aromatic rings. The van der Waals surface area contributed by atoms with Gasteiger partial charge in [-0.3, -0.25) is 19.7 Å². The summed E-state index contributed by atoms with van der Waals surface area (Å²) in [6.07, 6.45) is 0.130. The molecule has 0 aliphatic carbocycles. The van der Waals surface area contributed by atoms with Crippen LogP contribution in [-0.4, -0.2) is 30.0 Å². The monoisotopic (exact) mass is 414 g/mol. The van der Waals surface area contributed by atoms with Crippen LogP contribution in [0.2, 0.25) is 0 Å². The number of nitro groups is 1. The highest BCUT2D eigenvalue weighted by molar-refractivity contribution is 5.78. The molecule has 8 nitrogen and oxygen atoms in total. The molecular weight excluding hydrogens is 388 g/mol. The third-order valence-electron chi connectivity index (χ3n) is 4.38. The van der Waals surface area contributed by atoms with Gasteiger partial charge in [0.25, 0.3) is 5.69 Å². The van der Waals surface area contributed by atoms with E-state index in [0.29, 0.717) is 6.42 Å². The lowest BCUT2D eigenvalue weighted by molar-refractivity contribution is -0.385. The van der Waals surface area contributed by atoms with Crippen molar-refractivity contribution >= 4 is 17.6 Å². The van der Waals surface area contributed by atoms with Crippen molar-refractivity contribution < 1.29 is 24.0 Å². The number of aryl methyl sites for hydroxylation is 1. The largest absolute Gasteiger partial charge is 0.497 e. The lowest BCUT2D eigenvalue weighted by Crippen LogP contribution is -2.31. The second kappa shape index (κ2) is 10.9. The Morgan fingerprint density at radius 3 is 2.37 bits per heavy atom. The molecule has 8 heteroatoms. The number of carbonyl (C=O) groups is 2. The molecule has 1 amide bonds. The average molecular weight is 414 g/mol. The maximum atomic E-state index is 12.6. The summed E-state index contributed by atoms with van der Waals surface area (Å²) in [5.74, 6) is -0.127. The van der Waals surface area contributed by atoms with E-state index in [1.54, 1.807) is 27.0 Å². The molecular formula is C22H26N2O6. The highest BCUT2D eigenvalue weighted by atomic mass is 16.6. The number of hydrogen-bond acceptors (Lipinski definition) is 6. The molecule has 0 radical (unpaired) electrons. The molecule has 0 heterocycles. The first-order valence-electron chi connectivity index (χ1n) is 9.65. The SMILES string of the molecule is COc1ccc(CCC(=O)NC(CC(=O)OC(C)C)c2ccccc2[N+](=O)[O-])cc1. The van der Waals surface area contributed by atoms with Gasteiger partial charge in [0.05, 0.1) is 36.2 Å². The highest BCUT2D eigenvalue weighted by Crippen LogP contribution is 2.27. The molecule has 0 aliphatic rings. The smallest absolute Gasteiger partial charge is 0.308 e. The molecule has 0 fully saturated rings. The van der Waals surface area contributed by atoms with E-state index < -0.39 is 16.9 Å². The van der Waals surface area contributed by atoms with Crippen molar-refractivity contribution in [2.45, 2.75) is 45.3 Å². The average Bonchev–Trinajstić information content (AvgIpc) is 2.71. The van der Waals surface area contributed by atoms with Gasteiger partial charge in [0.15, 0.2) is 0 Å². The van der Waals surface area contributed by atoms with Gasteiger partial charge in [-0.15, -0.1) is 0 Å². The van der Waals surface area contributed by atoms with Crippen LogP contribution in [0.15, 0.2) is 48.5 Å². The Morgan fingerprint density at radius 1 is 1.10 bits per heavy atom. The van der Waals surface area contributed by atoms with Crippen molar-refractivity contribution in [1.82, 2.24) is 5.32 Å². The van der Waals surface area contributed by atoms with Gasteiger partial charge in [0.2, 0.25) is 5.91 Å². The van der Waals surface area contributed by atoms with Crippen LogP contribution in [0.3, 0.4) is 0 Å². The number of rotatable bonds is 10. The van der Waals surface area contributed by atoms with Crippen LogP contribution in [0.1, 0.15) is 43.9 Å². The Bertz CT molecular complexity index is 879. The molecule has 1 N–H and O–H groups in total. The highest BCUT2D eigenvalue weighted by Gasteiger charge is 2.26. The zero-order valence-electron chi connectivity index (χ0n) is 17.3. The third-order valence-corrected chi connectivity index (χ3v) is 4.38. The first-order valence-corrected chi connectivity index (χ1v) is 9.65. The number of nitrogens with zero attached hydrogens (tertiary/aromatic N) is 1. The summed E-state index contributed by atoms with van der Waals surface area (Å²) in [7, 11) is 1.58. The van der Waals surface area contributed by atoms with Crippen LogP contribution in [-0.2, 0) is 20.7 Å². The van der Waals surface area contributed by atoms with Crippen molar-refractivity contribution in [3.05, 3.63) is 69.8 Å². The maximum Gasteiger partial charge on any atom is 0.308 e. The fourth-order valence-corrected chi connectivity index (χ4v) is 2.98. The predicted molar refractivity (Wildman–Crippen MR) is 111 cm³/mol. The molecule has 0 spiro atoms. The topological polar surface area (TPSA) is 108 Å². The number of hydrogen-bond donors (Lipinski definition) is 1. The van der Waals surface area contributed by atoms with E-state index in [4.69, 9.17) is 9.47 Å². The van der Waals surface area contributed by atoms with E-state index >= 15 is 0 Å².